The van der Waals surface area contributed by atoms with Crippen LogP contribution in [0.2, 0.25) is 0 Å². The second kappa shape index (κ2) is 8.67. The van der Waals surface area contributed by atoms with Crippen LogP contribution in [-0.4, -0.2) is 63.4 Å². The first-order valence-corrected chi connectivity index (χ1v) is 12.4. The van der Waals surface area contributed by atoms with Crippen LogP contribution in [0.1, 0.15) is 58.1 Å². The number of ketones is 1. The first-order valence-electron chi connectivity index (χ1n) is 12.4. The number of H-pyrrole nitrogens is 1. The van der Waals surface area contributed by atoms with Crippen molar-refractivity contribution in [1.29, 1.82) is 0 Å². The van der Waals surface area contributed by atoms with E-state index in [0.29, 0.717) is 13.2 Å². The Hall–Kier alpha value is -3.40. The fraction of sp³-hybridized carbons (Fsp3) is 0.379. The first-order chi connectivity index (χ1) is 17.2. The Balaban J connectivity index is 1.62. The number of nitrogens with zero attached hydrogens (tertiary/aromatic N) is 2. The summed E-state index contributed by atoms with van der Waals surface area (Å²) < 4.78 is 5.83. The molecule has 3 aliphatic rings. The van der Waals surface area contributed by atoms with Gasteiger partial charge in [0.05, 0.1) is 11.3 Å². The van der Waals surface area contributed by atoms with Gasteiger partial charge in [0.15, 0.2) is 5.78 Å². The number of aromatic nitrogens is 1. The van der Waals surface area contributed by atoms with Crippen molar-refractivity contribution in [3.05, 3.63) is 63.8 Å². The van der Waals surface area contributed by atoms with Crippen LogP contribution in [0.3, 0.4) is 0 Å². The average molecular weight is 467 g/mol. The number of hydrogen-bond acceptors (Lipinski definition) is 5. The molecule has 6 rings (SSSR count). The molecule has 0 bridgehead atoms. The summed E-state index contributed by atoms with van der Waals surface area (Å²) in [7, 11) is 1.77. The number of hydrogen-bond donors (Lipinski definition) is 2. The van der Waals surface area contributed by atoms with Gasteiger partial charge in [-0.2, -0.15) is 0 Å². The highest BCUT2D eigenvalue weighted by atomic mass is 16.5. The van der Waals surface area contributed by atoms with Gasteiger partial charge >= 0.3 is 0 Å². The Kier molecular flexibility index (Phi) is 5.47. The van der Waals surface area contributed by atoms with Crippen molar-refractivity contribution in [2.75, 3.05) is 51.3 Å². The van der Waals surface area contributed by atoms with E-state index in [0.717, 1.165) is 89.1 Å². The zero-order chi connectivity index (χ0) is 24.0. The van der Waals surface area contributed by atoms with E-state index in [1.807, 2.05) is 19.2 Å². The molecule has 0 saturated carbocycles. The molecule has 0 unspecified atom stereocenters. The number of aromatic amines is 1. The van der Waals surface area contributed by atoms with Crippen molar-refractivity contribution < 1.29 is 9.53 Å². The number of carbonyl (C=O) groups excluding carboxylic acids is 1. The lowest BCUT2D eigenvalue weighted by Crippen LogP contribution is -2.44. The standard InChI is InChI=1S/C29H30N4O2/c1-3-4-20-16-22-23(17-25(20)33-11-9-31-10-12-33)29(7-13-35-14-8-29)28-26(27(22)34)21-6-5-19(18-30-2)15-24(21)32-28/h5-6,15-18,31-32H,7-14H2,1-2H3. The van der Waals surface area contributed by atoms with Gasteiger partial charge in [0.1, 0.15) is 0 Å². The lowest BCUT2D eigenvalue weighted by atomic mass is 9.64. The third-order valence-corrected chi connectivity index (χ3v) is 7.77. The van der Waals surface area contributed by atoms with E-state index in [1.165, 1.54) is 0 Å². The van der Waals surface area contributed by atoms with Crippen LogP contribution in [0.25, 0.3) is 10.9 Å². The number of carbonyl (C=O) groups is 1. The lowest BCUT2D eigenvalue weighted by molar-refractivity contribution is 0.0602. The molecule has 35 heavy (non-hydrogen) atoms. The molecule has 2 N–H and O–H groups in total. The molecule has 6 heteroatoms. The molecule has 2 aromatic carbocycles. The number of nitrogens with one attached hydrogen (secondary N) is 2. The van der Waals surface area contributed by atoms with E-state index in [4.69, 9.17) is 4.74 Å². The van der Waals surface area contributed by atoms with Gasteiger partial charge in [-0.25, -0.2) is 0 Å². The van der Waals surface area contributed by atoms with E-state index < -0.39 is 0 Å². The molecule has 3 aromatic rings. The third kappa shape index (κ3) is 3.42. The summed E-state index contributed by atoms with van der Waals surface area (Å²) in [5.41, 5.74) is 7.55. The minimum absolute atomic E-state index is 0.0845. The van der Waals surface area contributed by atoms with Gasteiger partial charge in [-0.3, -0.25) is 9.79 Å². The van der Waals surface area contributed by atoms with Gasteiger partial charge in [-0.1, -0.05) is 18.1 Å². The smallest absolute Gasteiger partial charge is 0.195 e. The molecular formula is C29H30N4O2. The van der Waals surface area contributed by atoms with Gasteiger partial charge < -0.3 is 19.9 Å². The van der Waals surface area contributed by atoms with Crippen molar-refractivity contribution in [2.24, 2.45) is 4.99 Å². The number of benzene rings is 2. The Labute approximate surface area is 205 Å². The molecule has 2 aliphatic heterocycles. The predicted octanol–water partition coefficient (Wildman–Crippen LogP) is 3.64. The fourth-order valence-electron chi connectivity index (χ4n) is 6.12. The number of fused-ring (bicyclic) bond motifs is 6. The normalized spacial score (nSPS) is 19.0. The highest BCUT2D eigenvalue weighted by Crippen LogP contribution is 2.50. The molecule has 1 spiro atoms. The molecular weight excluding hydrogens is 436 g/mol. The number of piperazine rings is 1. The fourth-order valence-corrected chi connectivity index (χ4v) is 6.12. The zero-order valence-corrected chi connectivity index (χ0v) is 20.3. The second-order valence-corrected chi connectivity index (χ2v) is 9.62. The largest absolute Gasteiger partial charge is 0.381 e. The average Bonchev–Trinajstić information content (AvgIpc) is 3.28. The lowest BCUT2D eigenvalue weighted by Gasteiger charge is -2.42. The van der Waals surface area contributed by atoms with Crippen LogP contribution in [0.4, 0.5) is 5.69 Å². The van der Waals surface area contributed by atoms with E-state index in [1.54, 1.807) is 7.05 Å². The molecule has 2 fully saturated rings. The minimum Gasteiger partial charge on any atom is -0.381 e. The molecule has 1 aromatic heterocycles. The van der Waals surface area contributed by atoms with Gasteiger partial charge in [0.2, 0.25) is 0 Å². The summed E-state index contributed by atoms with van der Waals surface area (Å²) in [5.74, 6) is 6.46. The molecule has 3 heterocycles. The Bertz CT molecular complexity index is 1410. The predicted molar refractivity (Wildman–Crippen MR) is 140 cm³/mol. The van der Waals surface area contributed by atoms with Crippen molar-refractivity contribution in [3.8, 4) is 11.8 Å². The van der Waals surface area contributed by atoms with Crippen LogP contribution >= 0.6 is 0 Å². The van der Waals surface area contributed by atoms with Crippen LogP contribution in [0.5, 0.6) is 0 Å². The maximum Gasteiger partial charge on any atom is 0.195 e. The van der Waals surface area contributed by atoms with Gasteiger partial charge in [0.25, 0.3) is 0 Å². The van der Waals surface area contributed by atoms with E-state index in [2.05, 4.69) is 56.3 Å². The highest BCUT2D eigenvalue weighted by Gasteiger charge is 2.47. The minimum atomic E-state index is -0.282. The van der Waals surface area contributed by atoms with E-state index in [-0.39, 0.29) is 11.2 Å². The maximum atomic E-state index is 14.1. The van der Waals surface area contributed by atoms with Crippen molar-refractivity contribution in [3.63, 3.8) is 0 Å². The molecule has 0 atom stereocenters. The highest BCUT2D eigenvalue weighted by molar-refractivity contribution is 6.20. The van der Waals surface area contributed by atoms with Crippen LogP contribution in [0, 0.1) is 11.8 Å². The summed E-state index contributed by atoms with van der Waals surface area (Å²) in [5, 5.41) is 4.42. The van der Waals surface area contributed by atoms with Gasteiger partial charge in [0, 0.05) is 85.8 Å². The number of anilines is 1. The molecule has 0 radical (unpaired) electrons. The van der Waals surface area contributed by atoms with Crippen LogP contribution in [-0.2, 0) is 10.2 Å². The van der Waals surface area contributed by atoms with Crippen molar-refractivity contribution in [1.82, 2.24) is 10.3 Å². The quantitative estimate of drug-likeness (QED) is 0.447. The second-order valence-electron chi connectivity index (χ2n) is 9.62. The van der Waals surface area contributed by atoms with Gasteiger partial charge in [-0.05, 0) is 49.1 Å². The zero-order valence-electron chi connectivity index (χ0n) is 20.3. The topological polar surface area (TPSA) is 69.7 Å². The number of rotatable bonds is 2. The Morgan fingerprint density at radius 2 is 1.94 bits per heavy atom. The molecule has 178 valence electrons. The number of aliphatic imine (C=N–C) groups is 1. The first kappa shape index (κ1) is 22.1. The number of ether oxygens (including phenoxy) is 1. The molecule has 1 aliphatic carbocycles. The maximum absolute atomic E-state index is 14.1. The molecule has 6 nitrogen and oxygen atoms in total. The van der Waals surface area contributed by atoms with Gasteiger partial charge in [-0.15, -0.1) is 5.92 Å². The third-order valence-electron chi connectivity index (χ3n) is 7.77. The summed E-state index contributed by atoms with van der Waals surface area (Å²) in [4.78, 5) is 24.4. The summed E-state index contributed by atoms with van der Waals surface area (Å²) in [6.45, 7) is 6.97. The summed E-state index contributed by atoms with van der Waals surface area (Å²) >= 11 is 0. The monoisotopic (exact) mass is 466 g/mol. The van der Waals surface area contributed by atoms with Crippen molar-refractivity contribution >= 4 is 28.6 Å². The van der Waals surface area contributed by atoms with Crippen LogP contribution < -0.4 is 10.2 Å². The molecule has 0 amide bonds. The Morgan fingerprint density at radius 3 is 2.69 bits per heavy atom. The summed E-state index contributed by atoms with van der Waals surface area (Å²) in [6, 6.07) is 10.5. The SMILES string of the molecule is CC#Cc1cc2c(cc1N1CCNCC1)C1(CCOCC1)c1[nH]c3cc(C=NC)ccc3c1C2=O. The van der Waals surface area contributed by atoms with Crippen molar-refractivity contribution in [2.45, 2.75) is 25.2 Å². The summed E-state index contributed by atoms with van der Waals surface area (Å²) in [6.07, 6.45) is 3.53. The molecule has 2 saturated heterocycles. The van der Waals surface area contributed by atoms with Crippen LogP contribution in [0.15, 0.2) is 35.3 Å². The van der Waals surface area contributed by atoms with E-state index >= 15 is 0 Å². The Morgan fingerprint density at radius 1 is 1.14 bits per heavy atom. The van der Waals surface area contributed by atoms with E-state index in [9.17, 15) is 4.79 Å².